The van der Waals surface area contributed by atoms with E-state index in [-0.39, 0.29) is 5.41 Å². The maximum absolute atomic E-state index is 13.1. The van der Waals surface area contributed by atoms with Crippen LogP contribution in [0, 0.1) is 5.41 Å². The zero-order valence-electron chi connectivity index (χ0n) is 12.6. The summed E-state index contributed by atoms with van der Waals surface area (Å²) in [4.78, 5) is 17.4. The van der Waals surface area contributed by atoms with E-state index >= 15 is 0 Å². The Balaban J connectivity index is 1.97. The maximum atomic E-state index is 13.1. The topological polar surface area (TPSA) is 42.0 Å². The van der Waals surface area contributed by atoms with Gasteiger partial charge in [-0.1, -0.05) is 19.4 Å². The molecular weight excluding hydrogens is 260 g/mol. The molecule has 3 heteroatoms. The predicted octanol–water partition coefficient (Wildman–Crippen LogP) is 3.59. The van der Waals surface area contributed by atoms with Crippen LogP contribution in [0.15, 0.2) is 36.5 Å². The molecule has 1 aliphatic rings. The molecule has 1 fully saturated rings. The van der Waals surface area contributed by atoms with E-state index in [2.05, 4.69) is 17.2 Å². The first-order chi connectivity index (χ1) is 10.2. The van der Waals surface area contributed by atoms with Gasteiger partial charge in [0.1, 0.15) is 0 Å². The van der Waals surface area contributed by atoms with Crippen molar-refractivity contribution in [3.05, 3.63) is 42.1 Å². The highest BCUT2D eigenvalue weighted by Gasteiger charge is 2.38. The lowest BCUT2D eigenvalue weighted by Gasteiger charge is -2.36. The van der Waals surface area contributed by atoms with Gasteiger partial charge in [-0.2, -0.15) is 0 Å². The zero-order valence-corrected chi connectivity index (χ0v) is 12.6. The Hall–Kier alpha value is -1.74. The Bertz CT molecular complexity index is 639. The van der Waals surface area contributed by atoms with Crippen molar-refractivity contribution in [3.63, 3.8) is 0 Å². The second-order valence-corrected chi connectivity index (χ2v) is 6.05. The first-order valence-corrected chi connectivity index (χ1v) is 7.85. The summed E-state index contributed by atoms with van der Waals surface area (Å²) in [6.45, 7) is 4.00. The first kappa shape index (κ1) is 14.2. The molecule has 3 nitrogen and oxygen atoms in total. The summed E-state index contributed by atoms with van der Waals surface area (Å²) in [5.74, 6) is 0.294. The molecule has 1 unspecified atom stereocenters. The van der Waals surface area contributed by atoms with E-state index in [1.807, 2.05) is 30.3 Å². The van der Waals surface area contributed by atoms with Crippen molar-refractivity contribution in [2.45, 2.75) is 32.6 Å². The Labute approximate surface area is 125 Å². The third-order valence-electron chi connectivity index (χ3n) is 4.55. The Morgan fingerprint density at radius 3 is 3.05 bits per heavy atom. The van der Waals surface area contributed by atoms with Crippen LogP contribution in [-0.4, -0.2) is 23.9 Å². The lowest BCUT2D eigenvalue weighted by Crippen LogP contribution is -2.45. The fourth-order valence-electron chi connectivity index (χ4n) is 3.49. The van der Waals surface area contributed by atoms with Crippen molar-refractivity contribution in [2.24, 2.45) is 5.41 Å². The predicted molar refractivity (Wildman–Crippen MR) is 85.5 cm³/mol. The number of hydrogen-bond acceptors (Lipinski definition) is 3. The first-order valence-electron chi connectivity index (χ1n) is 7.85. The highest BCUT2D eigenvalue weighted by Crippen LogP contribution is 2.35. The van der Waals surface area contributed by atoms with Crippen molar-refractivity contribution in [1.29, 1.82) is 0 Å². The zero-order chi connectivity index (χ0) is 14.7. The van der Waals surface area contributed by atoms with E-state index < -0.39 is 0 Å². The van der Waals surface area contributed by atoms with Crippen molar-refractivity contribution in [2.75, 3.05) is 13.1 Å². The number of aromatic nitrogens is 1. The van der Waals surface area contributed by atoms with Crippen LogP contribution in [0.2, 0.25) is 0 Å². The molecule has 21 heavy (non-hydrogen) atoms. The number of hydrogen-bond donors (Lipinski definition) is 1. The van der Waals surface area contributed by atoms with Crippen molar-refractivity contribution >= 4 is 16.7 Å². The molecule has 2 heterocycles. The van der Waals surface area contributed by atoms with E-state index in [4.69, 9.17) is 0 Å². The molecule has 1 N–H and O–H groups in total. The second-order valence-electron chi connectivity index (χ2n) is 6.05. The molecule has 0 radical (unpaired) electrons. The number of benzene rings is 1. The maximum Gasteiger partial charge on any atom is 0.170 e. The number of fused-ring (bicyclic) bond motifs is 1. The van der Waals surface area contributed by atoms with Crippen LogP contribution in [0.5, 0.6) is 0 Å². The largest absolute Gasteiger partial charge is 0.316 e. The average molecular weight is 282 g/mol. The number of nitrogens with zero attached hydrogens (tertiary/aromatic N) is 1. The van der Waals surface area contributed by atoms with E-state index in [9.17, 15) is 4.79 Å². The van der Waals surface area contributed by atoms with Crippen molar-refractivity contribution in [1.82, 2.24) is 10.3 Å². The average Bonchev–Trinajstić information content (AvgIpc) is 2.55. The SMILES string of the molecule is CCCC1(C(=O)c2ccc3ncccc3c2)CCCNC1. The molecule has 0 aliphatic carbocycles. The van der Waals surface area contributed by atoms with Gasteiger partial charge in [-0.05, 0) is 50.1 Å². The highest BCUT2D eigenvalue weighted by molar-refractivity contribution is 6.03. The van der Waals surface area contributed by atoms with E-state index in [1.165, 1.54) is 0 Å². The van der Waals surface area contributed by atoms with Gasteiger partial charge in [0.15, 0.2) is 5.78 Å². The molecule has 0 bridgehead atoms. The Morgan fingerprint density at radius 1 is 1.38 bits per heavy atom. The molecule has 1 saturated heterocycles. The number of Topliss-reactive ketones (excluding diaryl/α,β-unsaturated/α-hetero) is 1. The molecule has 1 atom stereocenters. The lowest BCUT2D eigenvalue weighted by atomic mass is 9.71. The Kier molecular flexibility index (Phi) is 4.02. The van der Waals surface area contributed by atoms with E-state index in [1.54, 1.807) is 6.20 Å². The summed E-state index contributed by atoms with van der Waals surface area (Å²) < 4.78 is 0. The van der Waals surface area contributed by atoms with Gasteiger partial charge in [0.05, 0.1) is 5.52 Å². The lowest BCUT2D eigenvalue weighted by molar-refractivity contribution is 0.0718. The number of nitrogens with one attached hydrogen (secondary N) is 1. The second kappa shape index (κ2) is 5.94. The summed E-state index contributed by atoms with van der Waals surface area (Å²) in [5, 5.41) is 4.46. The number of pyridine rings is 1. The smallest absolute Gasteiger partial charge is 0.170 e. The van der Waals surface area contributed by atoms with Gasteiger partial charge in [0.2, 0.25) is 0 Å². The Morgan fingerprint density at radius 2 is 2.29 bits per heavy atom. The van der Waals surface area contributed by atoms with Gasteiger partial charge in [0.25, 0.3) is 0 Å². The highest BCUT2D eigenvalue weighted by atomic mass is 16.1. The van der Waals surface area contributed by atoms with Gasteiger partial charge in [-0.3, -0.25) is 9.78 Å². The number of piperidine rings is 1. The van der Waals surface area contributed by atoms with Crippen LogP contribution in [0.4, 0.5) is 0 Å². The monoisotopic (exact) mass is 282 g/mol. The third-order valence-corrected chi connectivity index (χ3v) is 4.55. The molecule has 110 valence electrons. The number of rotatable bonds is 4. The standard InChI is InChI=1S/C18H22N2O/c1-2-8-18(9-4-10-19-13-18)17(21)15-6-7-16-14(12-15)5-3-11-20-16/h3,5-7,11-12,19H,2,4,8-10,13H2,1H3. The van der Waals surface area contributed by atoms with E-state index in [0.29, 0.717) is 5.78 Å². The minimum atomic E-state index is -0.219. The van der Waals surface area contributed by atoms with Crippen LogP contribution in [-0.2, 0) is 0 Å². The summed E-state index contributed by atoms with van der Waals surface area (Å²) in [7, 11) is 0. The minimum absolute atomic E-state index is 0.219. The van der Waals surface area contributed by atoms with Gasteiger partial charge < -0.3 is 5.32 Å². The third kappa shape index (κ3) is 2.70. The fraction of sp³-hybridized carbons (Fsp3) is 0.444. The molecule has 3 rings (SSSR count). The van der Waals surface area contributed by atoms with Crippen molar-refractivity contribution in [3.8, 4) is 0 Å². The molecule has 1 aliphatic heterocycles. The van der Waals surface area contributed by atoms with Crippen molar-refractivity contribution < 1.29 is 4.79 Å². The summed E-state index contributed by atoms with van der Waals surface area (Å²) in [6, 6.07) is 9.82. The van der Waals surface area contributed by atoms with E-state index in [0.717, 1.165) is 55.2 Å². The van der Waals surface area contributed by atoms with Crippen LogP contribution in [0.3, 0.4) is 0 Å². The fourth-order valence-corrected chi connectivity index (χ4v) is 3.49. The minimum Gasteiger partial charge on any atom is -0.316 e. The van der Waals surface area contributed by atoms with Gasteiger partial charge in [0, 0.05) is 29.1 Å². The van der Waals surface area contributed by atoms with Gasteiger partial charge >= 0.3 is 0 Å². The molecule has 0 spiro atoms. The number of ketones is 1. The molecule has 0 amide bonds. The van der Waals surface area contributed by atoms with Crippen LogP contribution in [0.25, 0.3) is 10.9 Å². The summed E-state index contributed by atoms with van der Waals surface area (Å²) >= 11 is 0. The summed E-state index contributed by atoms with van der Waals surface area (Å²) in [5.41, 5.74) is 1.55. The molecule has 0 saturated carbocycles. The van der Waals surface area contributed by atoms with Crippen LogP contribution in [0.1, 0.15) is 43.0 Å². The molecule has 1 aromatic carbocycles. The van der Waals surface area contributed by atoms with Crippen LogP contribution >= 0.6 is 0 Å². The van der Waals surface area contributed by atoms with Gasteiger partial charge in [-0.25, -0.2) is 0 Å². The van der Waals surface area contributed by atoms with Gasteiger partial charge in [-0.15, -0.1) is 0 Å². The number of carbonyl (C=O) groups is 1. The van der Waals surface area contributed by atoms with Crippen LogP contribution < -0.4 is 5.32 Å². The summed E-state index contributed by atoms with van der Waals surface area (Å²) in [6.07, 6.45) is 5.87. The molecule has 2 aromatic rings. The normalized spacial score (nSPS) is 22.3. The molecule has 1 aromatic heterocycles. The quantitative estimate of drug-likeness (QED) is 0.871. The number of carbonyl (C=O) groups excluding carboxylic acids is 1. The molecular formula is C18H22N2O.